The van der Waals surface area contributed by atoms with Crippen LogP contribution in [0.1, 0.15) is 0 Å². The van der Waals surface area contributed by atoms with Crippen molar-refractivity contribution >= 4 is 40.8 Å². The maximum atomic E-state index is 5.83. The van der Waals surface area contributed by atoms with Crippen LogP contribution in [0.4, 0.5) is 5.82 Å². The molecule has 78 valence electrons. The molecule has 0 spiro atoms. The molecule has 0 radical (unpaired) electrons. The van der Waals surface area contributed by atoms with Crippen LogP contribution in [0.3, 0.4) is 0 Å². The highest BCUT2D eigenvalue weighted by Gasteiger charge is 2.10. The molecule has 14 heavy (non-hydrogen) atoms. The minimum absolute atomic E-state index is 0.111. The largest absolute Gasteiger partial charge is 0.356 e. The first-order valence-corrected chi connectivity index (χ1v) is 6.06. The van der Waals surface area contributed by atoms with Gasteiger partial charge in [0.1, 0.15) is 0 Å². The first kappa shape index (κ1) is 11.8. The van der Waals surface area contributed by atoms with E-state index in [4.69, 9.17) is 23.2 Å². The fourth-order valence-corrected chi connectivity index (χ4v) is 1.66. The lowest BCUT2D eigenvalue weighted by atomic mass is 10.5. The van der Waals surface area contributed by atoms with Gasteiger partial charge in [-0.1, -0.05) is 11.6 Å². The molecule has 0 amide bonds. The second-order valence-electron chi connectivity index (χ2n) is 2.61. The van der Waals surface area contributed by atoms with Crippen molar-refractivity contribution in [3.8, 4) is 0 Å². The lowest BCUT2D eigenvalue weighted by Gasteiger charge is -2.17. The predicted molar refractivity (Wildman–Crippen MR) is 61.5 cm³/mol. The van der Waals surface area contributed by atoms with E-state index in [1.54, 1.807) is 11.8 Å². The van der Waals surface area contributed by atoms with Gasteiger partial charge in [0, 0.05) is 19.3 Å². The van der Waals surface area contributed by atoms with E-state index in [2.05, 4.69) is 15.2 Å². The molecule has 1 aromatic rings. The van der Waals surface area contributed by atoms with E-state index in [0.29, 0.717) is 5.82 Å². The predicted octanol–water partition coefficient (Wildman–Crippen LogP) is 1.98. The van der Waals surface area contributed by atoms with E-state index in [9.17, 15) is 0 Å². The summed E-state index contributed by atoms with van der Waals surface area (Å²) in [5.74, 6) is 1.56. The summed E-state index contributed by atoms with van der Waals surface area (Å²) in [7, 11) is 1.89. The minimum atomic E-state index is 0.111. The molecule has 4 nitrogen and oxygen atoms in total. The maximum absolute atomic E-state index is 5.83. The van der Waals surface area contributed by atoms with Gasteiger partial charge in [-0.2, -0.15) is 16.7 Å². The summed E-state index contributed by atoms with van der Waals surface area (Å²) in [6.07, 6.45) is 2.04. The van der Waals surface area contributed by atoms with E-state index in [1.165, 1.54) is 0 Å². The van der Waals surface area contributed by atoms with Crippen molar-refractivity contribution in [1.29, 1.82) is 0 Å². The molecule has 0 bridgehead atoms. The number of hydrogen-bond acceptors (Lipinski definition) is 5. The number of nitrogens with zero attached hydrogens (tertiary/aromatic N) is 4. The van der Waals surface area contributed by atoms with Crippen LogP contribution in [-0.2, 0) is 0 Å². The second kappa shape index (κ2) is 5.58. The molecule has 1 aromatic heterocycles. The third-order valence-electron chi connectivity index (χ3n) is 1.60. The molecule has 1 heterocycles. The Morgan fingerprint density at radius 2 is 2.07 bits per heavy atom. The zero-order valence-electron chi connectivity index (χ0n) is 7.87. The van der Waals surface area contributed by atoms with Crippen LogP contribution in [0.25, 0.3) is 0 Å². The summed E-state index contributed by atoms with van der Waals surface area (Å²) in [4.78, 5) is 5.90. The average molecular weight is 253 g/mol. The number of thioether (sulfide) groups is 1. The van der Waals surface area contributed by atoms with Crippen molar-refractivity contribution in [3.05, 3.63) is 10.4 Å². The number of rotatable bonds is 4. The fraction of sp³-hybridized carbons (Fsp3) is 0.571. The number of hydrogen-bond donors (Lipinski definition) is 0. The van der Waals surface area contributed by atoms with E-state index in [-0.39, 0.29) is 10.4 Å². The maximum Gasteiger partial charge on any atom is 0.245 e. The third kappa shape index (κ3) is 3.15. The van der Waals surface area contributed by atoms with Gasteiger partial charge in [-0.15, -0.1) is 10.2 Å². The second-order valence-corrected chi connectivity index (χ2v) is 4.29. The summed E-state index contributed by atoms with van der Waals surface area (Å²) in [5, 5.41) is 7.61. The summed E-state index contributed by atoms with van der Waals surface area (Å²) >= 11 is 13.2. The van der Waals surface area contributed by atoms with Crippen molar-refractivity contribution in [2.24, 2.45) is 0 Å². The molecule has 0 saturated heterocycles. The lowest BCUT2D eigenvalue weighted by Crippen LogP contribution is -2.22. The van der Waals surface area contributed by atoms with Crippen LogP contribution in [0.2, 0.25) is 10.4 Å². The molecular formula is C7H10Cl2N4S. The Balaban J connectivity index is 2.77. The zero-order valence-corrected chi connectivity index (χ0v) is 10.2. The average Bonchev–Trinajstić information content (AvgIpc) is 2.18. The van der Waals surface area contributed by atoms with Crippen molar-refractivity contribution in [1.82, 2.24) is 15.2 Å². The molecule has 1 rings (SSSR count). The van der Waals surface area contributed by atoms with E-state index in [1.807, 2.05) is 18.2 Å². The van der Waals surface area contributed by atoms with E-state index < -0.39 is 0 Å². The molecule has 0 fully saturated rings. The van der Waals surface area contributed by atoms with Crippen molar-refractivity contribution in [2.75, 3.05) is 30.5 Å². The monoisotopic (exact) mass is 252 g/mol. The van der Waals surface area contributed by atoms with Gasteiger partial charge >= 0.3 is 0 Å². The molecule has 0 atom stereocenters. The van der Waals surface area contributed by atoms with Gasteiger partial charge in [0.25, 0.3) is 0 Å². The minimum Gasteiger partial charge on any atom is -0.356 e. The molecule has 0 aliphatic heterocycles. The van der Waals surface area contributed by atoms with Gasteiger partial charge in [0.05, 0.1) is 0 Å². The summed E-state index contributed by atoms with van der Waals surface area (Å²) in [6, 6.07) is 0. The van der Waals surface area contributed by atoms with Gasteiger partial charge in [-0.3, -0.25) is 0 Å². The molecule has 0 aliphatic rings. The van der Waals surface area contributed by atoms with Crippen molar-refractivity contribution in [3.63, 3.8) is 0 Å². The Hall–Kier alpha value is -0.260. The lowest BCUT2D eigenvalue weighted by molar-refractivity contribution is 0.892. The summed E-state index contributed by atoms with van der Waals surface area (Å²) in [5.41, 5.74) is 0. The molecule has 0 aromatic carbocycles. The van der Waals surface area contributed by atoms with Gasteiger partial charge in [0.2, 0.25) is 5.28 Å². The Bertz CT molecular complexity index is 310. The zero-order chi connectivity index (χ0) is 10.6. The summed E-state index contributed by atoms with van der Waals surface area (Å²) < 4.78 is 0. The molecule has 0 aliphatic carbocycles. The summed E-state index contributed by atoms with van der Waals surface area (Å²) in [6.45, 7) is 0.843. The van der Waals surface area contributed by atoms with Crippen LogP contribution in [-0.4, -0.2) is 40.8 Å². The van der Waals surface area contributed by atoms with Gasteiger partial charge in [0.15, 0.2) is 11.0 Å². The number of aromatic nitrogens is 3. The van der Waals surface area contributed by atoms with Gasteiger partial charge in [-0.25, -0.2) is 0 Å². The van der Waals surface area contributed by atoms with Crippen LogP contribution < -0.4 is 4.90 Å². The fourth-order valence-electron chi connectivity index (χ4n) is 0.863. The van der Waals surface area contributed by atoms with E-state index >= 15 is 0 Å². The highest BCUT2D eigenvalue weighted by Crippen LogP contribution is 2.20. The smallest absolute Gasteiger partial charge is 0.245 e. The highest BCUT2D eigenvalue weighted by atomic mass is 35.5. The number of anilines is 1. The van der Waals surface area contributed by atoms with Gasteiger partial charge < -0.3 is 4.90 Å². The first-order chi connectivity index (χ1) is 6.65. The van der Waals surface area contributed by atoms with Crippen LogP contribution in [0, 0.1) is 0 Å². The molecule has 0 saturated carbocycles. The Morgan fingerprint density at radius 1 is 1.36 bits per heavy atom. The van der Waals surface area contributed by atoms with Crippen molar-refractivity contribution in [2.45, 2.75) is 0 Å². The molecule has 7 heteroatoms. The number of halogens is 2. The molecular weight excluding hydrogens is 243 g/mol. The Morgan fingerprint density at radius 3 is 2.71 bits per heavy atom. The molecule has 0 unspecified atom stereocenters. The van der Waals surface area contributed by atoms with Crippen molar-refractivity contribution < 1.29 is 0 Å². The normalized spacial score (nSPS) is 10.3. The van der Waals surface area contributed by atoms with Crippen LogP contribution >= 0.6 is 35.0 Å². The van der Waals surface area contributed by atoms with Crippen LogP contribution in [0.5, 0.6) is 0 Å². The van der Waals surface area contributed by atoms with E-state index in [0.717, 1.165) is 12.3 Å². The quantitative estimate of drug-likeness (QED) is 0.820. The van der Waals surface area contributed by atoms with Gasteiger partial charge in [-0.05, 0) is 17.9 Å². The topological polar surface area (TPSA) is 41.9 Å². The molecule has 0 N–H and O–H groups in total. The highest BCUT2D eigenvalue weighted by molar-refractivity contribution is 7.98. The third-order valence-corrected chi connectivity index (χ3v) is 2.59. The van der Waals surface area contributed by atoms with Crippen LogP contribution in [0.15, 0.2) is 0 Å². The SMILES string of the molecule is CSCCN(C)c1nc(Cl)nnc1Cl. The standard InChI is InChI=1S/C7H10Cl2N4S/c1-13(3-4-14-2)6-5(8)11-12-7(9)10-6/h3-4H2,1-2H3. The Kier molecular flexibility index (Phi) is 4.71. The first-order valence-electron chi connectivity index (χ1n) is 3.91. The Labute approximate surface area is 97.0 Å².